The van der Waals surface area contributed by atoms with Crippen LogP contribution in [-0.4, -0.2) is 30.6 Å². The Labute approximate surface area is 224 Å². The lowest BCUT2D eigenvalue weighted by atomic mass is 9.47. The summed E-state index contributed by atoms with van der Waals surface area (Å²) >= 11 is 0. The molecular formula is C32H49NO4. The molecule has 4 aliphatic carbocycles. The Hall–Kier alpha value is -1.78. The van der Waals surface area contributed by atoms with Gasteiger partial charge in [0.25, 0.3) is 0 Å². The van der Waals surface area contributed by atoms with E-state index in [1.54, 1.807) is 12.5 Å². The van der Waals surface area contributed by atoms with Crippen molar-refractivity contribution in [3.8, 4) is 0 Å². The Morgan fingerprint density at radius 2 is 2.00 bits per heavy atom. The molecule has 0 radical (unpaired) electrons. The predicted molar refractivity (Wildman–Crippen MR) is 145 cm³/mol. The van der Waals surface area contributed by atoms with Gasteiger partial charge in [-0.1, -0.05) is 39.3 Å². The summed E-state index contributed by atoms with van der Waals surface area (Å²) in [6.45, 7) is 13.9. The molecule has 3 fully saturated rings. The van der Waals surface area contributed by atoms with Gasteiger partial charge < -0.3 is 14.8 Å². The molecule has 5 aliphatic rings. The van der Waals surface area contributed by atoms with Crippen LogP contribution in [0.4, 0.5) is 0 Å². The lowest BCUT2D eigenvalue weighted by Gasteiger charge is -2.58. The van der Waals surface area contributed by atoms with E-state index in [2.05, 4.69) is 39.1 Å². The van der Waals surface area contributed by atoms with Gasteiger partial charge in [-0.2, -0.15) is 0 Å². The second kappa shape index (κ2) is 10.1. The summed E-state index contributed by atoms with van der Waals surface area (Å²) in [6, 6.07) is 0. The summed E-state index contributed by atoms with van der Waals surface area (Å²) in [7, 11) is 0. The van der Waals surface area contributed by atoms with Crippen LogP contribution in [0.25, 0.3) is 0 Å². The van der Waals surface area contributed by atoms with Crippen molar-refractivity contribution < 1.29 is 19.1 Å². The summed E-state index contributed by atoms with van der Waals surface area (Å²) in [5.41, 5.74) is 3.67. The van der Waals surface area contributed by atoms with Crippen LogP contribution in [0.2, 0.25) is 0 Å². The maximum Gasteiger partial charge on any atom is 0.305 e. The highest BCUT2D eigenvalue weighted by atomic mass is 16.5. The Morgan fingerprint density at radius 1 is 1.22 bits per heavy atom. The normalized spacial score (nSPS) is 41.0. The van der Waals surface area contributed by atoms with Gasteiger partial charge in [-0.05, 0) is 91.9 Å². The van der Waals surface area contributed by atoms with Gasteiger partial charge in [-0.15, -0.1) is 0 Å². The van der Waals surface area contributed by atoms with Crippen molar-refractivity contribution in [2.45, 2.75) is 118 Å². The minimum Gasteiger partial charge on any atom is -0.494 e. The van der Waals surface area contributed by atoms with Gasteiger partial charge in [0.2, 0.25) is 5.91 Å². The van der Waals surface area contributed by atoms with Gasteiger partial charge in [0, 0.05) is 38.6 Å². The van der Waals surface area contributed by atoms with E-state index in [1.165, 1.54) is 37.0 Å². The van der Waals surface area contributed by atoms with Gasteiger partial charge >= 0.3 is 5.97 Å². The zero-order chi connectivity index (χ0) is 26.5. The third kappa shape index (κ3) is 4.67. The SMILES string of the molecule is CCC(=O)O[C@@H]1CC[C@@]2(C)C(=CC[C@H]3[C@@H]4C[C@H]5OC(CC[C@@H](C)CNC(C)=O)=C(C)[C@@H]5[C@@]4(C)CC[C@@H]32)C1. The average molecular weight is 512 g/mol. The van der Waals surface area contributed by atoms with Crippen LogP contribution in [0, 0.1) is 40.4 Å². The van der Waals surface area contributed by atoms with Gasteiger partial charge in [-0.3, -0.25) is 9.59 Å². The van der Waals surface area contributed by atoms with Gasteiger partial charge in [0.1, 0.15) is 12.2 Å². The third-order valence-electron chi connectivity index (χ3n) is 11.4. The highest BCUT2D eigenvalue weighted by Crippen LogP contribution is 2.69. The molecule has 1 heterocycles. The number of hydrogen-bond donors (Lipinski definition) is 1. The zero-order valence-corrected chi connectivity index (χ0v) is 24.0. The van der Waals surface area contributed by atoms with Crippen LogP contribution in [0.3, 0.4) is 0 Å². The molecule has 1 aliphatic heterocycles. The minimum absolute atomic E-state index is 0.0509. The minimum atomic E-state index is -0.0567. The molecule has 5 nitrogen and oxygen atoms in total. The Bertz CT molecular complexity index is 983. The predicted octanol–water partition coefficient (Wildman–Crippen LogP) is 6.72. The van der Waals surface area contributed by atoms with Crippen molar-refractivity contribution >= 4 is 11.9 Å². The van der Waals surface area contributed by atoms with Gasteiger partial charge in [0.15, 0.2) is 0 Å². The molecule has 0 aromatic rings. The molecule has 0 unspecified atom stereocenters. The molecule has 0 aromatic heterocycles. The van der Waals surface area contributed by atoms with E-state index < -0.39 is 0 Å². The smallest absolute Gasteiger partial charge is 0.305 e. The monoisotopic (exact) mass is 511 g/mol. The fraction of sp³-hybridized carbons (Fsp3) is 0.812. The Balaban J connectivity index is 1.28. The Morgan fingerprint density at radius 3 is 2.73 bits per heavy atom. The molecule has 1 amide bonds. The molecule has 0 spiro atoms. The number of fused-ring (bicyclic) bond motifs is 7. The molecule has 0 bridgehead atoms. The molecule has 1 N–H and O–H groups in total. The number of carbonyl (C=O) groups is 2. The van der Waals surface area contributed by atoms with Crippen molar-refractivity contribution in [3.05, 3.63) is 23.0 Å². The number of allylic oxidation sites excluding steroid dienone is 2. The molecule has 5 heteroatoms. The van der Waals surface area contributed by atoms with Crippen molar-refractivity contribution in [3.63, 3.8) is 0 Å². The van der Waals surface area contributed by atoms with E-state index in [9.17, 15) is 9.59 Å². The van der Waals surface area contributed by atoms with Gasteiger partial charge in [0.05, 0.1) is 5.76 Å². The van der Waals surface area contributed by atoms with Crippen LogP contribution >= 0.6 is 0 Å². The van der Waals surface area contributed by atoms with E-state index in [1.807, 2.05) is 6.92 Å². The summed E-state index contributed by atoms with van der Waals surface area (Å²) in [6.07, 6.45) is 13.5. The van der Waals surface area contributed by atoms with Crippen molar-refractivity contribution in [1.29, 1.82) is 0 Å². The number of hydrogen-bond acceptors (Lipinski definition) is 4. The zero-order valence-electron chi connectivity index (χ0n) is 24.0. The molecule has 0 saturated heterocycles. The topological polar surface area (TPSA) is 64.6 Å². The standard InChI is InChI=1S/C32H49NO4/c1-7-29(35)36-23-12-14-31(5)22(16-23)9-10-24-25(31)13-15-32(6)26(24)17-28-30(32)20(3)27(37-28)11-8-19(2)18-33-21(4)34/h9,19,23-26,28,30H,7-8,10-18H2,1-6H3,(H,33,34)/t19-,23-,24-,25+,26+,28-,30+,31+,32+/m1/s1. The third-order valence-corrected chi connectivity index (χ3v) is 11.4. The average Bonchev–Trinajstić information content (AvgIpc) is 3.34. The van der Waals surface area contributed by atoms with E-state index in [0.29, 0.717) is 29.8 Å². The van der Waals surface area contributed by atoms with Crippen LogP contribution in [0.5, 0.6) is 0 Å². The maximum absolute atomic E-state index is 11.9. The molecule has 37 heavy (non-hydrogen) atoms. The second-order valence-electron chi connectivity index (χ2n) is 13.6. The van der Waals surface area contributed by atoms with Gasteiger partial charge in [-0.25, -0.2) is 0 Å². The lowest BCUT2D eigenvalue weighted by Crippen LogP contribution is -2.50. The molecule has 3 saturated carbocycles. The van der Waals surface area contributed by atoms with E-state index in [0.717, 1.165) is 56.4 Å². The number of ether oxygens (including phenoxy) is 2. The first-order chi connectivity index (χ1) is 17.6. The summed E-state index contributed by atoms with van der Waals surface area (Å²) in [5.74, 6) is 4.45. The molecule has 0 aromatic carbocycles. The Kier molecular flexibility index (Phi) is 7.30. The number of esters is 1. The quantitative estimate of drug-likeness (QED) is 0.304. The first kappa shape index (κ1) is 26.8. The highest BCUT2D eigenvalue weighted by molar-refractivity contribution is 5.72. The van der Waals surface area contributed by atoms with Crippen LogP contribution < -0.4 is 5.32 Å². The summed E-state index contributed by atoms with van der Waals surface area (Å²) in [5, 5.41) is 2.96. The molecular weight excluding hydrogens is 462 g/mol. The summed E-state index contributed by atoms with van der Waals surface area (Å²) in [4.78, 5) is 23.2. The number of amides is 1. The number of nitrogens with one attached hydrogen (secondary N) is 1. The van der Waals surface area contributed by atoms with Crippen molar-refractivity contribution in [2.75, 3.05) is 6.54 Å². The lowest BCUT2D eigenvalue weighted by molar-refractivity contribution is -0.151. The van der Waals surface area contributed by atoms with Crippen molar-refractivity contribution in [2.24, 2.45) is 40.4 Å². The van der Waals surface area contributed by atoms with E-state index in [4.69, 9.17) is 9.47 Å². The highest BCUT2D eigenvalue weighted by Gasteiger charge is 2.63. The first-order valence-corrected chi connectivity index (χ1v) is 15.1. The summed E-state index contributed by atoms with van der Waals surface area (Å²) < 4.78 is 12.5. The van der Waals surface area contributed by atoms with Crippen LogP contribution in [0.15, 0.2) is 23.0 Å². The van der Waals surface area contributed by atoms with Crippen LogP contribution in [-0.2, 0) is 19.1 Å². The van der Waals surface area contributed by atoms with E-state index >= 15 is 0 Å². The fourth-order valence-corrected chi connectivity index (χ4v) is 9.38. The molecule has 5 rings (SSSR count). The van der Waals surface area contributed by atoms with E-state index in [-0.39, 0.29) is 23.4 Å². The largest absolute Gasteiger partial charge is 0.494 e. The fourth-order valence-electron chi connectivity index (χ4n) is 9.38. The first-order valence-electron chi connectivity index (χ1n) is 15.1. The second-order valence-corrected chi connectivity index (χ2v) is 13.6. The maximum atomic E-state index is 11.9. The molecule has 9 atom stereocenters. The number of carbonyl (C=O) groups excluding carboxylic acids is 2. The molecule has 206 valence electrons. The van der Waals surface area contributed by atoms with Crippen LogP contribution in [0.1, 0.15) is 106 Å². The van der Waals surface area contributed by atoms with Crippen molar-refractivity contribution in [1.82, 2.24) is 5.32 Å². The number of rotatable bonds is 7.